The third kappa shape index (κ3) is 2.85. The van der Waals surface area contributed by atoms with Crippen LogP contribution in [0, 0.1) is 20.2 Å². The predicted octanol–water partition coefficient (Wildman–Crippen LogP) is 0.559. The van der Waals surface area contributed by atoms with Crippen molar-refractivity contribution in [2.24, 2.45) is 14.1 Å². The van der Waals surface area contributed by atoms with Gasteiger partial charge in [-0.15, -0.1) is 0 Å². The largest absolute Gasteiger partial charge is 0.492 e. The van der Waals surface area contributed by atoms with Gasteiger partial charge >= 0.3 is 11.9 Å². The van der Waals surface area contributed by atoms with Crippen LogP contribution in [0.4, 0.5) is 11.9 Å². The molecule has 0 bridgehead atoms. The molecule has 0 unspecified atom stereocenters. The van der Waals surface area contributed by atoms with Gasteiger partial charge in [0, 0.05) is 45.9 Å². The van der Waals surface area contributed by atoms with Crippen molar-refractivity contribution in [3.63, 3.8) is 0 Å². The van der Waals surface area contributed by atoms with Gasteiger partial charge in [-0.2, -0.15) is 9.36 Å². The summed E-state index contributed by atoms with van der Waals surface area (Å²) in [7, 11) is 5.07. The molecule has 0 amide bonds. The molecule has 12 nitrogen and oxygen atoms in total. The molecule has 20 heavy (non-hydrogen) atoms. The third-order valence-corrected chi connectivity index (χ3v) is 4.18. The smallest absolute Gasteiger partial charge is 0.390 e. The zero-order valence-electron chi connectivity index (χ0n) is 10.0. The lowest BCUT2D eigenvalue weighted by molar-refractivity contribution is -0.394. The molecule has 106 valence electrons. The van der Waals surface area contributed by atoms with Crippen LogP contribution < -0.4 is 0 Å². The van der Waals surface area contributed by atoms with Gasteiger partial charge in [0.15, 0.2) is 0 Å². The van der Waals surface area contributed by atoms with Crippen LogP contribution in [-0.2, 0) is 14.1 Å². The van der Waals surface area contributed by atoms with Gasteiger partial charge in [-0.05, 0) is 19.8 Å². The molecule has 0 N–H and O–H groups in total. The summed E-state index contributed by atoms with van der Waals surface area (Å²) in [6.45, 7) is 0. The normalized spacial score (nSPS) is 10.7. The van der Waals surface area contributed by atoms with Crippen molar-refractivity contribution in [1.82, 2.24) is 29.5 Å². The number of nitrogens with zero attached hydrogens (tertiary/aromatic N) is 8. The second-order valence-electron chi connectivity index (χ2n) is 3.32. The lowest BCUT2D eigenvalue weighted by atomic mass is 11.1. The summed E-state index contributed by atoms with van der Waals surface area (Å²) in [4.78, 5) is 27.0. The Balaban J connectivity index is 2.12. The van der Waals surface area contributed by atoms with Gasteiger partial charge in [0.1, 0.15) is 0 Å². The van der Waals surface area contributed by atoms with Crippen LogP contribution >= 0.6 is 21.6 Å². The average Bonchev–Trinajstić information content (AvgIpc) is 2.91. The second kappa shape index (κ2) is 5.41. The number of hydrogen-bond acceptors (Lipinski definition) is 10. The molecule has 0 aliphatic rings. The molecular formula is C6H6N8O4S2. The molecule has 2 rings (SSSR count). The van der Waals surface area contributed by atoms with Gasteiger partial charge < -0.3 is 20.2 Å². The summed E-state index contributed by atoms with van der Waals surface area (Å²) < 4.78 is 2.47. The highest BCUT2D eigenvalue weighted by Gasteiger charge is 2.24. The van der Waals surface area contributed by atoms with Crippen molar-refractivity contribution in [2.75, 3.05) is 0 Å². The molecular weight excluding hydrogens is 312 g/mol. The van der Waals surface area contributed by atoms with Crippen molar-refractivity contribution < 1.29 is 9.85 Å². The van der Waals surface area contributed by atoms with E-state index in [-0.39, 0.29) is 10.3 Å². The molecule has 0 saturated heterocycles. The van der Waals surface area contributed by atoms with Gasteiger partial charge in [-0.3, -0.25) is 0 Å². The molecule has 0 aromatic carbocycles. The van der Waals surface area contributed by atoms with Crippen LogP contribution in [0.1, 0.15) is 0 Å². The van der Waals surface area contributed by atoms with Crippen LogP contribution in [0.15, 0.2) is 10.3 Å². The maximum absolute atomic E-state index is 10.5. The van der Waals surface area contributed by atoms with Crippen LogP contribution in [-0.4, -0.2) is 39.4 Å². The van der Waals surface area contributed by atoms with Crippen LogP contribution in [0.5, 0.6) is 0 Å². The summed E-state index contributed by atoms with van der Waals surface area (Å²) in [5.41, 5.74) is 0. The highest BCUT2D eigenvalue weighted by atomic mass is 33.1. The Bertz CT molecular complexity index is 622. The highest BCUT2D eigenvalue weighted by molar-refractivity contribution is 8.76. The molecule has 0 spiro atoms. The van der Waals surface area contributed by atoms with Gasteiger partial charge in [0.2, 0.25) is 0 Å². The highest BCUT2D eigenvalue weighted by Crippen LogP contribution is 2.35. The minimum Gasteiger partial charge on any atom is -0.390 e. The number of aromatic nitrogens is 6. The lowest BCUT2D eigenvalue weighted by Crippen LogP contribution is -1.94. The van der Waals surface area contributed by atoms with E-state index >= 15 is 0 Å². The van der Waals surface area contributed by atoms with Crippen LogP contribution in [0.3, 0.4) is 0 Å². The monoisotopic (exact) mass is 318 g/mol. The Morgan fingerprint density at radius 2 is 1.25 bits per heavy atom. The SMILES string of the molecule is Cn1nc([N+](=O)[O-])nc1SSc1nc([N+](=O)[O-])nn1C. The summed E-state index contributed by atoms with van der Waals surface area (Å²) in [5, 5.41) is 28.8. The van der Waals surface area contributed by atoms with Crippen molar-refractivity contribution in [1.29, 1.82) is 0 Å². The number of hydrogen-bond donors (Lipinski definition) is 0. The quantitative estimate of drug-likeness (QED) is 0.434. The molecule has 0 fully saturated rings. The molecule has 0 atom stereocenters. The van der Waals surface area contributed by atoms with Crippen molar-refractivity contribution >= 4 is 33.5 Å². The molecule has 0 radical (unpaired) electrons. The van der Waals surface area contributed by atoms with E-state index in [2.05, 4.69) is 20.2 Å². The Morgan fingerprint density at radius 3 is 1.50 bits per heavy atom. The first-order valence-corrected chi connectivity index (χ1v) is 6.99. The Morgan fingerprint density at radius 1 is 0.900 bits per heavy atom. The van der Waals surface area contributed by atoms with E-state index in [1.165, 1.54) is 23.5 Å². The Hall–Kier alpha value is -2.22. The van der Waals surface area contributed by atoms with Gasteiger partial charge in [-0.25, -0.2) is 0 Å². The molecule has 0 aliphatic carbocycles. The third-order valence-electron chi connectivity index (χ3n) is 1.94. The first-order chi connectivity index (χ1) is 9.38. The molecule has 14 heteroatoms. The van der Waals surface area contributed by atoms with Crippen LogP contribution in [0.25, 0.3) is 0 Å². The molecule has 2 heterocycles. The minimum atomic E-state index is -0.706. The lowest BCUT2D eigenvalue weighted by Gasteiger charge is -1.91. The standard InChI is InChI=1S/C6H6N8O4S2/c1-11-5(7-3(9-11)13(15)16)19-20-6-8-4(14(17)18)10-12(6)2/h1-2H3. The first-order valence-electron chi connectivity index (χ1n) is 4.84. The number of rotatable bonds is 5. The molecule has 0 saturated carbocycles. The van der Waals surface area contributed by atoms with E-state index in [9.17, 15) is 20.2 Å². The van der Waals surface area contributed by atoms with Crippen molar-refractivity contribution in [3.8, 4) is 0 Å². The fraction of sp³-hybridized carbons (Fsp3) is 0.333. The van der Waals surface area contributed by atoms with Gasteiger partial charge in [0.25, 0.3) is 10.3 Å². The van der Waals surface area contributed by atoms with Crippen LogP contribution in [0.2, 0.25) is 0 Å². The summed E-state index contributed by atoms with van der Waals surface area (Å²) in [6, 6.07) is 0. The van der Waals surface area contributed by atoms with E-state index < -0.39 is 21.7 Å². The average molecular weight is 318 g/mol. The maximum atomic E-state index is 10.5. The van der Waals surface area contributed by atoms with E-state index in [4.69, 9.17) is 0 Å². The summed E-state index contributed by atoms with van der Waals surface area (Å²) in [6.07, 6.45) is 0. The van der Waals surface area contributed by atoms with E-state index in [0.29, 0.717) is 0 Å². The van der Waals surface area contributed by atoms with E-state index in [0.717, 1.165) is 21.6 Å². The predicted molar refractivity (Wildman–Crippen MR) is 67.0 cm³/mol. The number of aryl methyl sites for hydroxylation is 2. The van der Waals surface area contributed by atoms with Gasteiger partial charge in [0.05, 0.1) is 0 Å². The summed E-state index contributed by atoms with van der Waals surface area (Å²) >= 11 is 0. The van der Waals surface area contributed by atoms with Crippen molar-refractivity contribution in [2.45, 2.75) is 10.3 Å². The van der Waals surface area contributed by atoms with Crippen molar-refractivity contribution in [3.05, 3.63) is 20.2 Å². The van der Waals surface area contributed by atoms with E-state index in [1.807, 2.05) is 0 Å². The first kappa shape index (κ1) is 14.2. The minimum absolute atomic E-state index is 0.271. The summed E-state index contributed by atoms with van der Waals surface area (Å²) in [5.74, 6) is -1.03. The topological polar surface area (TPSA) is 148 Å². The Labute approximate surface area is 118 Å². The fourth-order valence-electron chi connectivity index (χ4n) is 1.09. The second-order valence-corrected chi connectivity index (χ2v) is 5.38. The zero-order chi connectivity index (χ0) is 14.9. The molecule has 0 aliphatic heterocycles. The van der Waals surface area contributed by atoms with Gasteiger partial charge in [-0.1, -0.05) is 0 Å². The van der Waals surface area contributed by atoms with E-state index in [1.54, 1.807) is 0 Å². The molecule has 2 aromatic heterocycles. The fourth-order valence-corrected chi connectivity index (χ4v) is 3.09. The number of nitro groups is 2. The zero-order valence-corrected chi connectivity index (χ0v) is 11.7. The maximum Gasteiger partial charge on any atom is 0.492 e. The molecule has 2 aromatic rings. The Kier molecular flexibility index (Phi) is 3.84.